The molecule has 1 amide bonds. The number of halogens is 3. The molecular weight excluding hydrogens is 419 g/mol. The number of thiazole rings is 1. The summed E-state index contributed by atoms with van der Waals surface area (Å²) < 4.78 is 39.1. The van der Waals surface area contributed by atoms with Crippen LogP contribution >= 0.6 is 22.7 Å². The Morgan fingerprint density at radius 3 is 2.59 bits per heavy atom. The van der Waals surface area contributed by atoms with Crippen LogP contribution in [0.15, 0.2) is 48.0 Å². The molecule has 0 bridgehead atoms. The Morgan fingerprint density at radius 2 is 1.93 bits per heavy atom. The standard InChI is InChI=1S/C20H20F3N3OS2/c1-25(2)8-9-26(13-14-5-3-6-15(11-14)20(21,22)23)19(27)17-12-24-18(29-17)16-7-4-10-28-16/h3-7,10-12H,8-9,13H2,1-2H3. The first kappa shape index (κ1) is 21.5. The van der Waals surface area contributed by atoms with Crippen LogP contribution in [0.1, 0.15) is 20.8 Å². The van der Waals surface area contributed by atoms with Crippen LogP contribution in [-0.4, -0.2) is 47.9 Å². The van der Waals surface area contributed by atoms with Crippen molar-refractivity contribution < 1.29 is 18.0 Å². The van der Waals surface area contributed by atoms with Crippen LogP contribution < -0.4 is 0 Å². The van der Waals surface area contributed by atoms with Gasteiger partial charge in [0.25, 0.3) is 5.91 Å². The molecule has 0 N–H and O–H groups in total. The van der Waals surface area contributed by atoms with Crippen molar-refractivity contribution in [3.05, 3.63) is 64.0 Å². The Bertz CT molecular complexity index is 952. The molecular formula is C20H20F3N3OS2. The Hall–Kier alpha value is -2.23. The van der Waals surface area contributed by atoms with Crippen molar-refractivity contribution in [2.24, 2.45) is 0 Å². The fourth-order valence-corrected chi connectivity index (χ4v) is 4.37. The second-order valence-corrected chi connectivity index (χ2v) is 8.71. The van der Waals surface area contributed by atoms with Crippen molar-refractivity contribution in [2.45, 2.75) is 12.7 Å². The Morgan fingerprint density at radius 1 is 1.14 bits per heavy atom. The highest BCUT2D eigenvalue weighted by molar-refractivity contribution is 7.21. The molecule has 0 spiro atoms. The van der Waals surface area contributed by atoms with E-state index in [1.807, 2.05) is 36.5 Å². The van der Waals surface area contributed by atoms with E-state index in [4.69, 9.17) is 0 Å². The second-order valence-electron chi connectivity index (χ2n) is 6.74. The fourth-order valence-electron chi connectivity index (χ4n) is 2.68. The SMILES string of the molecule is CN(C)CCN(Cc1cccc(C(F)(F)F)c1)C(=O)c1cnc(-c2cccs2)s1. The summed E-state index contributed by atoms with van der Waals surface area (Å²) in [4.78, 5) is 22.4. The van der Waals surface area contributed by atoms with E-state index in [0.717, 1.165) is 22.0 Å². The minimum Gasteiger partial charge on any atom is -0.332 e. The lowest BCUT2D eigenvalue weighted by molar-refractivity contribution is -0.137. The van der Waals surface area contributed by atoms with Crippen LogP contribution in [0, 0.1) is 0 Å². The van der Waals surface area contributed by atoms with Crippen molar-refractivity contribution in [1.29, 1.82) is 0 Å². The van der Waals surface area contributed by atoms with Crippen molar-refractivity contribution in [2.75, 3.05) is 27.2 Å². The summed E-state index contributed by atoms with van der Waals surface area (Å²) in [5, 5.41) is 2.70. The van der Waals surface area contributed by atoms with Gasteiger partial charge in [0, 0.05) is 19.6 Å². The molecule has 4 nitrogen and oxygen atoms in total. The molecule has 0 saturated heterocycles. The maximum atomic E-state index is 13.1. The topological polar surface area (TPSA) is 36.4 Å². The van der Waals surface area contributed by atoms with E-state index in [2.05, 4.69) is 4.98 Å². The van der Waals surface area contributed by atoms with Crippen LogP contribution in [-0.2, 0) is 12.7 Å². The van der Waals surface area contributed by atoms with Crippen molar-refractivity contribution in [3.63, 3.8) is 0 Å². The van der Waals surface area contributed by atoms with E-state index in [-0.39, 0.29) is 12.5 Å². The number of alkyl halides is 3. The van der Waals surface area contributed by atoms with E-state index in [0.29, 0.717) is 23.5 Å². The molecule has 154 valence electrons. The lowest BCUT2D eigenvalue weighted by atomic mass is 10.1. The van der Waals surface area contributed by atoms with Gasteiger partial charge in [0.2, 0.25) is 0 Å². The molecule has 0 atom stereocenters. The zero-order chi connectivity index (χ0) is 21.0. The normalized spacial score (nSPS) is 11.8. The molecule has 3 aromatic rings. The minimum atomic E-state index is -4.41. The monoisotopic (exact) mass is 439 g/mol. The highest BCUT2D eigenvalue weighted by atomic mass is 32.1. The molecule has 29 heavy (non-hydrogen) atoms. The first-order valence-electron chi connectivity index (χ1n) is 8.84. The average molecular weight is 440 g/mol. The van der Waals surface area contributed by atoms with Crippen molar-refractivity contribution in [3.8, 4) is 9.88 Å². The third-order valence-electron chi connectivity index (χ3n) is 4.18. The number of benzene rings is 1. The predicted octanol–water partition coefficient (Wildman–Crippen LogP) is 5.09. The van der Waals surface area contributed by atoms with Crippen LogP contribution in [0.3, 0.4) is 0 Å². The summed E-state index contributed by atoms with van der Waals surface area (Å²) in [6.07, 6.45) is -2.88. The smallest absolute Gasteiger partial charge is 0.332 e. The summed E-state index contributed by atoms with van der Waals surface area (Å²) in [7, 11) is 3.77. The molecule has 0 unspecified atom stereocenters. The number of rotatable bonds is 7. The zero-order valence-corrected chi connectivity index (χ0v) is 17.6. The molecule has 2 aromatic heterocycles. The van der Waals surface area contributed by atoms with Gasteiger partial charge in [-0.3, -0.25) is 4.79 Å². The van der Waals surface area contributed by atoms with Gasteiger partial charge >= 0.3 is 6.18 Å². The molecule has 0 fully saturated rings. The van der Waals surface area contributed by atoms with Gasteiger partial charge in [0.1, 0.15) is 9.88 Å². The third kappa shape index (κ3) is 5.65. The third-order valence-corrected chi connectivity index (χ3v) is 6.20. The number of likely N-dealkylation sites (N-methyl/N-ethyl adjacent to an activating group) is 1. The molecule has 0 saturated carbocycles. The van der Waals surface area contributed by atoms with Gasteiger partial charge in [-0.05, 0) is 43.2 Å². The van der Waals surface area contributed by atoms with Crippen LogP contribution in [0.25, 0.3) is 9.88 Å². The maximum Gasteiger partial charge on any atom is 0.416 e. The quantitative estimate of drug-likeness (QED) is 0.514. The second kappa shape index (κ2) is 9.06. The molecule has 0 radical (unpaired) electrons. The Kier molecular flexibility index (Phi) is 6.71. The lowest BCUT2D eigenvalue weighted by Gasteiger charge is -2.24. The number of carbonyl (C=O) groups is 1. The molecule has 1 aromatic carbocycles. The number of amides is 1. The summed E-state index contributed by atoms with van der Waals surface area (Å²) in [5.41, 5.74) is -0.275. The van der Waals surface area contributed by atoms with Gasteiger partial charge in [-0.2, -0.15) is 13.2 Å². The predicted molar refractivity (Wildman–Crippen MR) is 110 cm³/mol. The molecule has 2 heterocycles. The average Bonchev–Trinajstić information content (AvgIpc) is 3.35. The molecule has 0 aliphatic heterocycles. The van der Waals surface area contributed by atoms with Crippen LogP contribution in [0.5, 0.6) is 0 Å². The van der Waals surface area contributed by atoms with E-state index in [9.17, 15) is 18.0 Å². The van der Waals surface area contributed by atoms with Crippen molar-refractivity contribution in [1.82, 2.24) is 14.8 Å². The van der Waals surface area contributed by atoms with E-state index in [1.165, 1.54) is 34.9 Å². The van der Waals surface area contributed by atoms with E-state index in [1.54, 1.807) is 11.0 Å². The Balaban J connectivity index is 1.82. The molecule has 9 heteroatoms. The van der Waals surface area contributed by atoms with Gasteiger partial charge in [0.15, 0.2) is 0 Å². The molecule has 0 aliphatic rings. The van der Waals surface area contributed by atoms with E-state index >= 15 is 0 Å². The van der Waals surface area contributed by atoms with E-state index < -0.39 is 11.7 Å². The van der Waals surface area contributed by atoms with Crippen LogP contribution in [0.4, 0.5) is 13.2 Å². The number of thiophene rings is 1. The minimum absolute atomic E-state index is 0.100. The molecule has 0 aliphatic carbocycles. The molecule has 3 rings (SSSR count). The van der Waals surface area contributed by atoms with Crippen molar-refractivity contribution >= 4 is 28.6 Å². The Labute approximate surface area is 175 Å². The number of carbonyl (C=O) groups excluding carboxylic acids is 1. The highest BCUT2D eigenvalue weighted by Gasteiger charge is 2.30. The number of hydrogen-bond acceptors (Lipinski definition) is 5. The van der Waals surface area contributed by atoms with Gasteiger partial charge in [-0.1, -0.05) is 18.2 Å². The number of hydrogen-bond donors (Lipinski definition) is 0. The van der Waals surface area contributed by atoms with Gasteiger partial charge in [-0.15, -0.1) is 22.7 Å². The fraction of sp³-hybridized carbons (Fsp3) is 0.300. The largest absolute Gasteiger partial charge is 0.416 e. The zero-order valence-electron chi connectivity index (χ0n) is 15.9. The van der Waals surface area contributed by atoms with Crippen LogP contribution in [0.2, 0.25) is 0 Å². The number of nitrogens with zero attached hydrogens (tertiary/aromatic N) is 3. The first-order valence-corrected chi connectivity index (χ1v) is 10.5. The summed E-state index contributed by atoms with van der Waals surface area (Å²) in [6.45, 7) is 1.10. The summed E-state index contributed by atoms with van der Waals surface area (Å²) >= 11 is 2.83. The summed E-state index contributed by atoms with van der Waals surface area (Å²) in [6, 6.07) is 8.96. The highest BCUT2D eigenvalue weighted by Crippen LogP contribution is 2.31. The number of aromatic nitrogens is 1. The first-order chi connectivity index (χ1) is 13.7. The van der Waals surface area contributed by atoms with Gasteiger partial charge in [0.05, 0.1) is 16.6 Å². The van der Waals surface area contributed by atoms with Gasteiger partial charge < -0.3 is 9.80 Å². The maximum absolute atomic E-state index is 13.1. The summed E-state index contributed by atoms with van der Waals surface area (Å²) in [5.74, 6) is -0.232. The lowest BCUT2D eigenvalue weighted by Crippen LogP contribution is -2.36. The van der Waals surface area contributed by atoms with Gasteiger partial charge in [-0.25, -0.2) is 4.98 Å².